The fourth-order valence-electron chi connectivity index (χ4n) is 0.544. The fourth-order valence-corrected chi connectivity index (χ4v) is 0.992. The largest absolute Gasteiger partial charge is 0.214 e. The molecule has 0 aromatic heterocycles. The van der Waals surface area contributed by atoms with Crippen LogP contribution in [0, 0.1) is 0 Å². The predicted octanol–water partition coefficient (Wildman–Crippen LogP) is 4.51. The van der Waals surface area contributed by atoms with Crippen LogP contribution >= 0.6 is 35.1 Å². The van der Waals surface area contributed by atoms with Crippen LogP contribution in [0.1, 0.15) is 13.8 Å². The summed E-state index contributed by atoms with van der Waals surface area (Å²) < 4.78 is 0. The van der Waals surface area contributed by atoms with Gasteiger partial charge in [0.1, 0.15) is 0 Å². The molecule has 0 saturated carbocycles. The summed E-state index contributed by atoms with van der Waals surface area (Å²) in [5.74, 6) is 0. The van der Waals surface area contributed by atoms with E-state index >= 15 is 0 Å². The minimum absolute atomic E-state index is 0.125. The molecule has 0 aliphatic carbocycles. The monoisotopic (exact) mass is 522 g/mol. The van der Waals surface area contributed by atoms with Crippen LogP contribution in [-0.4, -0.2) is 17.2 Å². The van der Waals surface area contributed by atoms with Crippen LogP contribution < -0.4 is 0 Å². The second-order valence-electron chi connectivity index (χ2n) is 2.15. The molecule has 0 bridgehead atoms. The van der Waals surface area contributed by atoms with E-state index in [0.717, 1.165) is 12.3 Å². The maximum Gasteiger partial charge on any atom is -0.172 e. The molecule has 0 unspecified atom stereocenters. The van der Waals surface area contributed by atoms with Crippen molar-refractivity contribution >= 4 is 35.1 Å². The second kappa shape index (κ2) is 16.8. The van der Waals surface area contributed by atoms with Crippen molar-refractivity contribution in [3.05, 3.63) is 30.3 Å². The third-order valence-electron chi connectivity index (χ3n) is 1.29. The third-order valence-corrected chi connectivity index (χ3v) is 2.75. The van der Waals surface area contributed by atoms with Crippen molar-refractivity contribution in [1.29, 1.82) is 0 Å². The minimum atomic E-state index is -0.576. The molecule has 1 rings (SSSR count). The van der Waals surface area contributed by atoms with E-state index in [4.69, 9.17) is 4.89 Å². The quantitative estimate of drug-likeness (QED) is 0.447. The first-order valence-corrected chi connectivity index (χ1v) is 16.3. The molecule has 0 spiro atoms. The zero-order valence-corrected chi connectivity index (χ0v) is 14.7. The molecule has 1 aromatic rings. The van der Waals surface area contributed by atoms with Gasteiger partial charge in [0, 0.05) is 8.15 Å². The van der Waals surface area contributed by atoms with Gasteiger partial charge in [0.2, 0.25) is 0 Å². The van der Waals surface area contributed by atoms with Crippen molar-refractivity contribution in [2.45, 2.75) is 13.8 Å². The Balaban J connectivity index is 0. The van der Waals surface area contributed by atoms with Gasteiger partial charge in [-0.05, 0) is 12.3 Å². The number of hydrogen-bond acceptors (Lipinski definition) is 1. The molecule has 1 N–H and O–H groups in total. The Morgan fingerprint density at radius 1 is 1.21 bits per heavy atom. The Labute approximate surface area is 109 Å². The molecule has 0 heterocycles. The van der Waals surface area contributed by atoms with Gasteiger partial charge in [0.25, 0.3) is 0 Å². The fraction of sp³-hybridized carbons (Fsp3) is 0.444. The predicted molar refractivity (Wildman–Crippen MR) is 70.1 cm³/mol. The maximum atomic E-state index is 8.73. The first-order valence-electron chi connectivity index (χ1n) is 4.17. The van der Waals surface area contributed by atoms with Crippen LogP contribution in [0.25, 0.3) is 0 Å². The van der Waals surface area contributed by atoms with Crippen LogP contribution in [0.2, 0.25) is 0 Å². The molecule has 0 aliphatic rings. The van der Waals surface area contributed by atoms with Crippen molar-refractivity contribution in [3.63, 3.8) is 0 Å². The summed E-state index contributed by atoms with van der Waals surface area (Å²) >= 11 is 6.50. The summed E-state index contributed by atoms with van der Waals surface area (Å²) in [5.41, 5.74) is 0. The van der Waals surface area contributed by atoms with Crippen LogP contribution in [-0.2, 0) is 13.7 Å². The Morgan fingerprint density at radius 2 is 1.57 bits per heavy atom. The summed E-state index contributed by atoms with van der Waals surface area (Å²) in [5, 5.41) is 0. The number of hydrogen-bond donors (Lipinski definition) is 1. The zero-order valence-electron chi connectivity index (χ0n) is 8.28. The van der Waals surface area contributed by atoms with E-state index < -0.39 is 8.15 Å². The molecule has 0 atom stereocenters. The van der Waals surface area contributed by atoms with Gasteiger partial charge in [-0.1, -0.05) is 13.8 Å². The van der Waals surface area contributed by atoms with Crippen LogP contribution in [0.15, 0.2) is 30.3 Å². The Morgan fingerprint density at radius 3 is 1.64 bits per heavy atom. The summed E-state index contributed by atoms with van der Waals surface area (Å²) in [6.45, 7) is 4.02. The van der Waals surface area contributed by atoms with Crippen molar-refractivity contribution in [3.8, 4) is 0 Å². The van der Waals surface area contributed by atoms with Crippen molar-refractivity contribution in [2.75, 3.05) is 12.3 Å². The molecule has 14 heavy (non-hydrogen) atoms. The van der Waals surface area contributed by atoms with E-state index in [9.17, 15) is 0 Å². The SMILES string of the molecule is CCP(O)CC.[Br][Ir+][Br].c1cc[cH-]c1. The van der Waals surface area contributed by atoms with Gasteiger partial charge in [-0.25, -0.2) is 12.1 Å². The number of rotatable bonds is 2. The zero-order chi connectivity index (χ0) is 11.2. The van der Waals surface area contributed by atoms with E-state index in [1.54, 1.807) is 0 Å². The van der Waals surface area contributed by atoms with E-state index in [0.29, 0.717) is 0 Å². The summed E-state index contributed by atoms with van der Waals surface area (Å²) in [6, 6.07) is 10.0. The molecule has 86 valence electrons. The van der Waals surface area contributed by atoms with Gasteiger partial charge in [0.05, 0.1) is 0 Å². The van der Waals surface area contributed by atoms with Gasteiger partial charge in [-0.2, -0.15) is 18.2 Å². The molecule has 5 heteroatoms. The van der Waals surface area contributed by atoms with E-state index in [1.807, 2.05) is 44.2 Å². The first-order chi connectivity index (χ1) is 6.72. The molecule has 0 radical (unpaired) electrons. The van der Waals surface area contributed by atoms with Crippen LogP contribution in [0.3, 0.4) is 0 Å². The minimum Gasteiger partial charge on any atom is -0.214 e. The summed E-state index contributed by atoms with van der Waals surface area (Å²) in [6.07, 6.45) is 1.90. The first kappa shape index (κ1) is 17.7. The molecule has 0 amide bonds. The van der Waals surface area contributed by atoms with Crippen LogP contribution in [0.5, 0.6) is 0 Å². The second-order valence-corrected chi connectivity index (χ2v) is 14.9. The molecule has 0 saturated heterocycles. The maximum absolute atomic E-state index is 8.73. The molecular weight excluding hydrogens is 507 g/mol. The van der Waals surface area contributed by atoms with E-state index in [2.05, 4.69) is 27.0 Å². The summed E-state index contributed by atoms with van der Waals surface area (Å²) in [4.78, 5) is 8.73. The van der Waals surface area contributed by atoms with Gasteiger partial charge < -0.3 is 4.89 Å². The van der Waals surface area contributed by atoms with Crippen molar-refractivity contribution < 1.29 is 18.6 Å². The Hall–Kier alpha value is 1.35. The smallest absolute Gasteiger partial charge is 0.172 e. The standard InChI is InChI=1S/C5H5.C4H11OP.2BrH.Ir/c1-2-4-5-3-1;1-3-6(5)4-2;;;/h1-5H;5H,3-4H2,1-2H3;2*1H;/q-1;;;;+3/p-2. The Bertz CT molecular complexity index is 141. The molecular formula is C9H16Br2IrOP. The van der Waals surface area contributed by atoms with Crippen LogP contribution in [0.4, 0.5) is 0 Å². The van der Waals surface area contributed by atoms with Crippen molar-refractivity contribution in [2.24, 2.45) is 0 Å². The molecule has 0 fully saturated rings. The van der Waals surface area contributed by atoms with Gasteiger partial charge in [0.15, 0.2) is 0 Å². The molecule has 0 aliphatic heterocycles. The molecule has 1 aromatic carbocycles. The van der Waals surface area contributed by atoms with Gasteiger partial charge in [-0.15, -0.1) is 0 Å². The number of halogens is 2. The van der Waals surface area contributed by atoms with E-state index in [1.165, 1.54) is 0 Å². The van der Waals surface area contributed by atoms with Gasteiger partial charge in [-0.3, -0.25) is 0 Å². The average Bonchev–Trinajstić information content (AvgIpc) is 2.76. The average molecular weight is 523 g/mol. The normalized spacial score (nSPS) is 8.71. The topological polar surface area (TPSA) is 20.2 Å². The van der Waals surface area contributed by atoms with E-state index in [-0.39, 0.29) is 13.7 Å². The third kappa shape index (κ3) is 19.0. The molecule has 1 nitrogen and oxygen atoms in total. The Kier molecular flexibility index (Phi) is 21.2. The summed E-state index contributed by atoms with van der Waals surface area (Å²) in [7, 11) is -0.576. The van der Waals surface area contributed by atoms with Gasteiger partial charge >= 0.3 is 40.7 Å². The van der Waals surface area contributed by atoms with Crippen molar-refractivity contribution in [1.82, 2.24) is 0 Å².